The molecular formula is C13H18N2O3S. The summed E-state index contributed by atoms with van der Waals surface area (Å²) in [5, 5.41) is 2.80. The lowest BCUT2D eigenvalue weighted by atomic mass is 10.3. The number of hydrogen-bond donors (Lipinski definition) is 2. The van der Waals surface area contributed by atoms with Crippen LogP contribution in [0.25, 0.3) is 0 Å². The van der Waals surface area contributed by atoms with Crippen LogP contribution in [0, 0.1) is 0 Å². The topological polar surface area (TPSA) is 73.6 Å². The van der Waals surface area contributed by atoms with Gasteiger partial charge in [0.15, 0.2) is 0 Å². The monoisotopic (exact) mass is 282 g/mol. The first-order chi connectivity index (χ1) is 9.15. The van der Waals surface area contributed by atoms with Gasteiger partial charge in [-0.2, -0.15) is 0 Å². The molecule has 19 heavy (non-hydrogen) atoms. The summed E-state index contributed by atoms with van der Waals surface area (Å²) in [6, 6.07) is 7.74. The summed E-state index contributed by atoms with van der Waals surface area (Å²) >= 11 is 1.61. The summed E-state index contributed by atoms with van der Waals surface area (Å²) in [4.78, 5) is 12.0. The Labute approximate surface area is 117 Å². The fraction of sp³-hybridized carbons (Fsp3) is 0.308. The summed E-state index contributed by atoms with van der Waals surface area (Å²) in [5.74, 6) is 1.14. The third-order valence-corrected chi connectivity index (χ3v) is 3.31. The molecular weight excluding hydrogens is 264 g/mol. The van der Waals surface area contributed by atoms with Gasteiger partial charge < -0.3 is 20.5 Å². The van der Waals surface area contributed by atoms with Crippen molar-refractivity contribution in [2.45, 2.75) is 4.90 Å². The van der Waals surface area contributed by atoms with Crippen molar-refractivity contribution in [2.75, 3.05) is 26.5 Å². The van der Waals surface area contributed by atoms with E-state index in [9.17, 15) is 4.79 Å². The Bertz CT molecular complexity index is 432. The van der Waals surface area contributed by atoms with Gasteiger partial charge in [-0.25, -0.2) is 0 Å². The molecule has 0 aliphatic carbocycles. The Hall–Kier alpha value is -1.82. The molecule has 5 nitrogen and oxygen atoms in total. The highest BCUT2D eigenvalue weighted by Gasteiger charge is 1.99. The minimum atomic E-state index is -0.327. The number of carbonyl (C=O) groups is 1. The van der Waals surface area contributed by atoms with Crippen LogP contribution < -0.4 is 15.8 Å². The number of carbonyl (C=O) groups excluding carboxylic acids is 1. The van der Waals surface area contributed by atoms with Gasteiger partial charge in [-0.1, -0.05) is 0 Å². The maximum Gasteiger partial charge on any atom is 0.325 e. The number of thioether (sulfide) groups is 1. The summed E-state index contributed by atoms with van der Waals surface area (Å²) in [6.45, 7) is 0.115. The molecule has 0 bridgehead atoms. The highest BCUT2D eigenvalue weighted by molar-refractivity contribution is 7.99. The average molecular weight is 282 g/mol. The molecule has 0 fully saturated rings. The van der Waals surface area contributed by atoms with Crippen LogP contribution in [-0.4, -0.2) is 32.5 Å². The fourth-order valence-electron chi connectivity index (χ4n) is 1.22. The Morgan fingerprint density at radius 1 is 1.37 bits per heavy atom. The number of methoxy groups -OCH3 is 2. The van der Waals surface area contributed by atoms with Gasteiger partial charge in [0.05, 0.1) is 14.2 Å². The molecule has 0 aliphatic heterocycles. The van der Waals surface area contributed by atoms with E-state index in [4.69, 9.17) is 10.5 Å². The average Bonchev–Trinajstić information content (AvgIpc) is 2.45. The normalized spacial score (nSPS) is 10.9. The van der Waals surface area contributed by atoms with Crippen molar-refractivity contribution in [3.63, 3.8) is 0 Å². The van der Waals surface area contributed by atoms with Crippen molar-refractivity contribution in [1.82, 2.24) is 5.32 Å². The van der Waals surface area contributed by atoms with Crippen LogP contribution in [0.2, 0.25) is 0 Å². The molecule has 1 rings (SSSR count). The van der Waals surface area contributed by atoms with E-state index in [1.165, 1.54) is 7.11 Å². The summed E-state index contributed by atoms with van der Waals surface area (Å²) in [7, 11) is 2.98. The second-order valence-electron chi connectivity index (χ2n) is 3.64. The van der Waals surface area contributed by atoms with Crippen LogP contribution in [0.3, 0.4) is 0 Å². The lowest BCUT2D eigenvalue weighted by Crippen LogP contribution is -2.20. The van der Waals surface area contributed by atoms with Gasteiger partial charge in [-0.05, 0) is 24.3 Å². The number of hydrogen-bond acceptors (Lipinski definition) is 6. The molecule has 104 valence electrons. The molecule has 0 amide bonds. The SMILES string of the molecule is COC(=O)CN/C=C(\N)CSc1ccc(OC)cc1. The predicted molar refractivity (Wildman–Crippen MR) is 76.0 cm³/mol. The van der Waals surface area contributed by atoms with Crippen molar-refractivity contribution in [3.05, 3.63) is 36.2 Å². The van der Waals surface area contributed by atoms with Crippen molar-refractivity contribution in [1.29, 1.82) is 0 Å². The van der Waals surface area contributed by atoms with Gasteiger partial charge in [-0.15, -0.1) is 11.8 Å². The fourth-order valence-corrected chi connectivity index (χ4v) is 1.96. The quantitative estimate of drug-likeness (QED) is 0.581. The lowest BCUT2D eigenvalue weighted by Gasteiger charge is -2.05. The van der Waals surface area contributed by atoms with Crippen LogP contribution >= 0.6 is 11.8 Å². The standard InChI is InChI=1S/C13H18N2O3S/c1-17-11-3-5-12(6-4-11)19-9-10(14)7-15-8-13(16)18-2/h3-7,15H,8-9,14H2,1-2H3/b10-7-. The van der Waals surface area contributed by atoms with Gasteiger partial charge >= 0.3 is 5.97 Å². The van der Waals surface area contributed by atoms with Crippen molar-refractivity contribution in [2.24, 2.45) is 5.73 Å². The summed E-state index contributed by atoms with van der Waals surface area (Å²) < 4.78 is 9.58. The zero-order chi connectivity index (χ0) is 14.1. The molecule has 0 saturated carbocycles. The number of nitrogens with one attached hydrogen (secondary N) is 1. The Balaban J connectivity index is 2.34. The van der Waals surface area contributed by atoms with E-state index in [2.05, 4.69) is 10.1 Å². The molecule has 6 heteroatoms. The van der Waals surface area contributed by atoms with E-state index in [0.717, 1.165) is 10.6 Å². The molecule has 0 radical (unpaired) electrons. The van der Waals surface area contributed by atoms with E-state index in [1.807, 2.05) is 24.3 Å². The lowest BCUT2D eigenvalue weighted by molar-refractivity contribution is -0.139. The zero-order valence-electron chi connectivity index (χ0n) is 11.0. The third kappa shape index (κ3) is 6.05. The Morgan fingerprint density at radius 3 is 2.63 bits per heavy atom. The molecule has 0 atom stereocenters. The molecule has 3 N–H and O–H groups in total. The first-order valence-corrected chi connectivity index (χ1v) is 6.66. The van der Waals surface area contributed by atoms with Crippen LogP contribution in [0.5, 0.6) is 5.75 Å². The summed E-state index contributed by atoms with van der Waals surface area (Å²) in [6.07, 6.45) is 1.62. The molecule has 0 spiro atoms. The maximum atomic E-state index is 10.9. The first-order valence-electron chi connectivity index (χ1n) is 5.67. The molecule has 1 aromatic rings. The number of benzene rings is 1. The highest BCUT2D eigenvalue weighted by atomic mass is 32.2. The van der Waals surface area contributed by atoms with Crippen LogP contribution in [0.1, 0.15) is 0 Å². The van der Waals surface area contributed by atoms with Gasteiger partial charge in [0.1, 0.15) is 12.3 Å². The van der Waals surface area contributed by atoms with Crippen molar-refractivity contribution in [3.8, 4) is 5.75 Å². The first kappa shape index (κ1) is 15.2. The number of ether oxygens (including phenoxy) is 2. The van der Waals surface area contributed by atoms with Crippen LogP contribution in [0.15, 0.2) is 41.1 Å². The van der Waals surface area contributed by atoms with E-state index in [1.54, 1.807) is 25.1 Å². The van der Waals surface area contributed by atoms with E-state index < -0.39 is 0 Å². The van der Waals surface area contributed by atoms with Gasteiger partial charge in [-0.3, -0.25) is 4.79 Å². The second-order valence-corrected chi connectivity index (χ2v) is 4.69. The van der Waals surface area contributed by atoms with Crippen molar-refractivity contribution >= 4 is 17.7 Å². The summed E-state index contributed by atoms with van der Waals surface area (Å²) in [5.41, 5.74) is 6.46. The van der Waals surface area contributed by atoms with Gasteiger partial charge in [0.2, 0.25) is 0 Å². The molecule has 0 aromatic heterocycles. The van der Waals surface area contributed by atoms with Crippen LogP contribution in [0.4, 0.5) is 0 Å². The third-order valence-electron chi connectivity index (χ3n) is 2.23. The zero-order valence-corrected chi connectivity index (χ0v) is 11.8. The minimum Gasteiger partial charge on any atom is -0.497 e. The minimum absolute atomic E-state index is 0.115. The number of esters is 1. The number of nitrogens with two attached hydrogens (primary N) is 1. The Kier molecular flexibility index (Phi) is 6.67. The Morgan fingerprint density at radius 2 is 2.05 bits per heavy atom. The maximum absolute atomic E-state index is 10.9. The number of rotatable bonds is 7. The molecule has 0 aliphatic rings. The predicted octanol–water partition coefficient (Wildman–Crippen LogP) is 1.35. The van der Waals surface area contributed by atoms with Gasteiger partial charge in [0, 0.05) is 22.5 Å². The smallest absolute Gasteiger partial charge is 0.325 e. The largest absolute Gasteiger partial charge is 0.497 e. The highest BCUT2D eigenvalue weighted by Crippen LogP contribution is 2.21. The van der Waals surface area contributed by atoms with Gasteiger partial charge in [0.25, 0.3) is 0 Å². The van der Waals surface area contributed by atoms with E-state index in [-0.39, 0.29) is 12.5 Å². The van der Waals surface area contributed by atoms with E-state index >= 15 is 0 Å². The molecule has 0 heterocycles. The van der Waals surface area contributed by atoms with E-state index in [0.29, 0.717) is 11.4 Å². The second kappa shape index (κ2) is 8.31. The molecule has 0 unspecified atom stereocenters. The van der Waals surface area contributed by atoms with Crippen LogP contribution in [-0.2, 0) is 9.53 Å². The molecule has 1 aromatic carbocycles. The van der Waals surface area contributed by atoms with Crippen molar-refractivity contribution < 1.29 is 14.3 Å². The molecule has 0 saturated heterocycles.